The summed E-state index contributed by atoms with van der Waals surface area (Å²) in [6.07, 6.45) is 3.02. The first-order valence-corrected chi connectivity index (χ1v) is 8.24. The van der Waals surface area contributed by atoms with Crippen molar-refractivity contribution in [3.63, 3.8) is 0 Å². The van der Waals surface area contributed by atoms with Crippen LogP contribution in [0.15, 0.2) is 76.9 Å². The van der Waals surface area contributed by atoms with E-state index >= 15 is 0 Å². The van der Waals surface area contributed by atoms with E-state index in [1.54, 1.807) is 30.5 Å². The third kappa shape index (κ3) is 3.16. The summed E-state index contributed by atoms with van der Waals surface area (Å²) < 4.78 is 18.7. The van der Waals surface area contributed by atoms with Gasteiger partial charge in [0.25, 0.3) is 0 Å². The fourth-order valence-electron chi connectivity index (χ4n) is 2.90. The van der Waals surface area contributed by atoms with Gasteiger partial charge in [-0.25, -0.2) is 4.39 Å². The number of hydrogen-bond acceptors (Lipinski definition) is 3. The summed E-state index contributed by atoms with van der Waals surface area (Å²) >= 11 is 0. The summed E-state index contributed by atoms with van der Waals surface area (Å²) in [6, 6.07) is 18.6. The van der Waals surface area contributed by atoms with Crippen molar-refractivity contribution in [2.45, 2.75) is 0 Å². The number of furan rings is 1. The van der Waals surface area contributed by atoms with Crippen molar-refractivity contribution in [1.29, 1.82) is 5.26 Å². The largest absolute Gasteiger partial charge is 0.457 e. The first kappa shape index (κ1) is 16.6. The molecule has 0 unspecified atom stereocenters. The molecule has 0 atom stereocenters. The van der Waals surface area contributed by atoms with E-state index in [4.69, 9.17) is 4.42 Å². The zero-order chi connectivity index (χ0) is 18.8. The fourth-order valence-corrected chi connectivity index (χ4v) is 2.90. The Hall–Kier alpha value is -3.91. The number of para-hydroxylation sites is 1. The molecule has 4 nitrogen and oxygen atoms in total. The number of H-pyrrole nitrogens is 1. The Morgan fingerprint density at radius 1 is 1.07 bits per heavy atom. The average Bonchev–Trinajstić information content (AvgIpc) is 3.33. The molecule has 1 N–H and O–H groups in total. The van der Waals surface area contributed by atoms with E-state index in [1.165, 1.54) is 18.2 Å². The van der Waals surface area contributed by atoms with Gasteiger partial charge < -0.3 is 9.40 Å². The number of nitriles is 1. The number of Topliss-reactive ketones (excluding diaryl/α,β-unsaturated/α-hetero) is 1. The van der Waals surface area contributed by atoms with Gasteiger partial charge in [-0.1, -0.05) is 18.2 Å². The van der Waals surface area contributed by atoms with Crippen LogP contribution in [0.25, 0.3) is 28.3 Å². The molecule has 4 rings (SSSR count). The maximum Gasteiger partial charge on any atom is 0.205 e. The van der Waals surface area contributed by atoms with Gasteiger partial charge in [-0.3, -0.25) is 4.79 Å². The minimum absolute atomic E-state index is 0.0280. The smallest absolute Gasteiger partial charge is 0.205 e. The maximum atomic E-state index is 13.0. The molecule has 130 valence electrons. The molecule has 0 aliphatic heterocycles. The topological polar surface area (TPSA) is 69.8 Å². The van der Waals surface area contributed by atoms with Gasteiger partial charge in [-0.05, 0) is 42.5 Å². The molecule has 5 heteroatoms. The lowest BCUT2D eigenvalue weighted by atomic mass is 10.0. The van der Waals surface area contributed by atoms with Crippen LogP contribution in [0.2, 0.25) is 0 Å². The maximum absolute atomic E-state index is 13.0. The van der Waals surface area contributed by atoms with Crippen LogP contribution in [0.1, 0.15) is 16.1 Å². The summed E-state index contributed by atoms with van der Waals surface area (Å²) in [4.78, 5) is 15.8. The molecule has 27 heavy (non-hydrogen) atoms. The Kier molecular flexibility index (Phi) is 4.15. The Morgan fingerprint density at radius 3 is 2.63 bits per heavy atom. The van der Waals surface area contributed by atoms with E-state index < -0.39 is 0 Å². The molecule has 0 fully saturated rings. The van der Waals surface area contributed by atoms with Gasteiger partial charge in [-0.2, -0.15) is 5.26 Å². The van der Waals surface area contributed by atoms with Crippen LogP contribution < -0.4 is 0 Å². The zero-order valence-electron chi connectivity index (χ0n) is 14.1. The lowest BCUT2D eigenvalue weighted by Gasteiger charge is -1.98. The molecule has 2 aromatic carbocycles. The molecule has 0 saturated carbocycles. The number of nitrogens with zero attached hydrogens (tertiary/aromatic N) is 1. The van der Waals surface area contributed by atoms with Gasteiger partial charge in [0.15, 0.2) is 0 Å². The van der Waals surface area contributed by atoms with E-state index in [0.717, 1.165) is 10.9 Å². The fraction of sp³-hybridized carbons (Fsp3) is 0. The van der Waals surface area contributed by atoms with Crippen molar-refractivity contribution in [3.8, 4) is 17.4 Å². The molecule has 2 heterocycles. The van der Waals surface area contributed by atoms with E-state index in [0.29, 0.717) is 22.6 Å². The predicted molar refractivity (Wildman–Crippen MR) is 100 cm³/mol. The highest BCUT2D eigenvalue weighted by Gasteiger charge is 2.17. The summed E-state index contributed by atoms with van der Waals surface area (Å²) in [7, 11) is 0. The molecule has 2 aromatic heterocycles. The van der Waals surface area contributed by atoms with Crippen molar-refractivity contribution in [2.75, 3.05) is 0 Å². The normalized spacial score (nSPS) is 11.5. The predicted octanol–water partition coefficient (Wildman–Crippen LogP) is 5.36. The lowest BCUT2D eigenvalue weighted by molar-refractivity contribution is 0.104. The molecule has 0 radical (unpaired) electrons. The molecule has 0 bridgehead atoms. The Bertz CT molecular complexity index is 1210. The monoisotopic (exact) mass is 356 g/mol. The zero-order valence-corrected chi connectivity index (χ0v) is 14.1. The van der Waals surface area contributed by atoms with Crippen molar-refractivity contribution < 1.29 is 13.6 Å². The van der Waals surface area contributed by atoms with Gasteiger partial charge in [0.1, 0.15) is 29.0 Å². The minimum Gasteiger partial charge on any atom is -0.457 e. The van der Waals surface area contributed by atoms with Crippen molar-refractivity contribution in [2.24, 2.45) is 0 Å². The quantitative estimate of drug-likeness (QED) is 0.304. The SMILES string of the molecule is N#C/C(=C\c1ccc(-c2ccc(F)cc2)o1)C(=O)c1c[nH]c2ccccc12. The van der Waals surface area contributed by atoms with Crippen LogP contribution in [0, 0.1) is 17.1 Å². The van der Waals surface area contributed by atoms with Crippen molar-refractivity contribution >= 4 is 22.8 Å². The lowest BCUT2D eigenvalue weighted by Crippen LogP contribution is -2.00. The highest BCUT2D eigenvalue weighted by atomic mass is 19.1. The number of aromatic amines is 1. The van der Waals surface area contributed by atoms with Gasteiger partial charge in [0, 0.05) is 34.3 Å². The second-order valence-corrected chi connectivity index (χ2v) is 5.96. The molecule has 0 aliphatic carbocycles. The van der Waals surface area contributed by atoms with Gasteiger partial charge in [-0.15, -0.1) is 0 Å². The number of aromatic nitrogens is 1. The number of allylic oxidation sites excluding steroid dienone is 1. The molecule has 0 spiro atoms. The number of rotatable bonds is 4. The average molecular weight is 356 g/mol. The number of nitrogens with one attached hydrogen (secondary N) is 1. The van der Waals surface area contributed by atoms with Crippen LogP contribution in [-0.4, -0.2) is 10.8 Å². The number of ketones is 1. The molecule has 0 amide bonds. The minimum atomic E-state index is -0.380. The molecule has 0 aliphatic rings. The highest BCUT2D eigenvalue weighted by Crippen LogP contribution is 2.25. The first-order valence-electron chi connectivity index (χ1n) is 8.24. The molecule has 0 saturated heterocycles. The van der Waals surface area contributed by atoms with E-state index in [-0.39, 0.29) is 17.2 Å². The summed E-state index contributed by atoms with van der Waals surface area (Å²) in [5.74, 6) is 0.188. The second kappa shape index (κ2) is 6.77. The third-order valence-corrected chi connectivity index (χ3v) is 4.24. The van der Waals surface area contributed by atoms with E-state index in [1.807, 2.05) is 30.3 Å². The summed E-state index contributed by atoms with van der Waals surface area (Å²) in [5.41, 5.74) is 1.94. The number of carbonyl (C=O) groups is 1. The van der Waals surface area contributed by atoms with Crippen LogP contribution in [0.5, 0.6) is 0 Å². The number of hydrogen-bond donors (Lipinski definition) is 1. The number of carbonyl (C=O) groups excluding carboxylic acids is 1. The molecular formula is C22H13FN2O2. The Balaban J connectivity index is 1.67. The Labute approximate surface area is 154 Å². The second-order valence-electron chi connectivity index (χ2n) is 5.96. The molecular weight excluding hydrogens is 343 g/mol. The van der Waals surface area contributed by atoms with Crippen LogP contribution in [0.3, 0.4) is 0 Å². The summed E-state index contributed by atoms with van der Waals surface area (Å²) in [5, 5.41) is 10.2. The van der Waals surface area contributed by atoms with Crippen LogP contribution >= 0.6 is 0 Å². The van der Waals surface area contributed by atoms with Gasteiger partial charge in [0.2, 0.25) is 5.78 Å². The van der Waals surface area contributed by atoms with Gasteiger partial charge >= 0.3 is 0 Å². The number of halogens is 1. The van der Waals surface area contributed by atoms with Gasteiger partial charge in [0.05, 0.1) is 0 Å². The van der Waals surface area contributed by atoms with Crippen molar-refractivity contribution in [3.05, 3.63) is 89.6 Å². The highest BCUT2D eigenvalue weighted by molar-refractivity contribution is 6.19. The van der Waals surface area contributed by atoms with Crippen LogP contribution in [0.4, 0.5) is 4.39 Å². The van der Waals surface area contributed by atoms with Crippen LogP contribution in [-0.2, 0) is 0 Å². The standard InChI is InChI=1S/C22H13FN2O2/c23-16-7-5-14(6-8-16)21-10-9-17(27-21)11-15(12-24)22(26)19-13-25-20-4-2-1-3-18(19)20/h1-11,13,25H/b15-11+. The first-order chi connectivity index (χ1) is 13.2. The number of fused-ring (bicyclic) bond motifs is 1. The van der Waals surface area contributed by atoms with E-state index in [2.05, 4.69) is 4.98 Å². The van der Waals surface area contributed by atoms with Crippen molar-refractivity contribution in [1.82, 2.24) is 4.98 Å². The Morgan fingerprint density at radius 2 is 1.85 bits per heavy atom. The third-order valence-electron chi connectivity index (χ3n) is 4.24. The summed E-state index contributed by atoms with van der Waals surface area (Å²) in [6.45, 7) is 0. The molecule has 4 aromatic rings. The number of benzene rings is 2. The van der Waals surface area contributed by atoms with E-state index in [9.17, 15) is 14.4 Å².